The van der Waals surface area contributed by atoms with Crippen LogP contribution in [0.25, 0.3) is 0 Å². The zero-order valence-electron chi connectivity index (χ0n) is 7.37. The Bertz CT molecular complexity index is 414. The van der Waals surface area contributed by atoms with E-state index in [9.17, 15) is 4.39 Å². The van der Waals surface area contributed by atoms with Gasteiger partial charge in [-0.25, -0.2) is 4.39 Å². The van der Waals surface area contributed by atoms with Crippen LogP contribution >= 0.6 is 0 Å². The molecule has 2 N–H and O–H groups in total. The standard InChI is InChI=1S/C10H8FN3/c11-9-4-7(6-13)3-8(5-9)10(14)1-2-12/h3-5,10H,1,14H2. The topological polar surface area (TPSA) is 73.6 Å². The van der Waals surface area contributed by atoms with Gasteiger partial charge in [0.1, 0.15) is 5.82 Å². The number of nitrogens with zero attached hydrogens (tertiary/aromatic N) is 2. The summed E-state index contributed by atoms with van der Waals surface area (Å²) in [7, 11) is 0. The molecule has 0 saturated heterocycles. The van der Waals surface area contributed by atoms with Gasteiger partial charge < -0.3 is 5.73 Å². The van der Waals surface area contributed by atoms with Crippen LogP contribution in [0.1, 0.15) is 23.6 Å². The molecule has 1 aromatic rings. The molecule has 0 fully saturated rings. The van der Waals surface area contributed by atoms with E-state index >= 15 is 0 Å². The zero-order valence-corrected chi connectivity index (χ0v) is 7.37. The van der Waals surface area contributed by atoms with Crippen LogP contribution in [0, 0.1) is 28.5 Å². The van der Waals surface area contributed by atoms with Gasteiger partial charge in [0.15, 0.2) is 0 Å². The zero-order chi connectivity index (χ0) is 10.6. The highest BCUT2D eigenvalue weighted by Gasteiger charge is 2.08. The molecule has 0 heterocycles. The first-order valence-electron chi connectivity index (χ1n) is 4.00. The first-order chi connectivity index (χ1) is 6.67. The van der Waals surface area contributed by atoms with Crippen LogP contribution in [-0.2, 0) is 0 Å². The predicted octanol–water partition coefficient (Wildman–Crippen LogP) is 1.61. The van der Waals surface area contributed by atoms with Crippen molar-refractivity contribution in [1.29, 1.82) is 10.5 Å². The summed E-state index contributed by atoms with van der Waals surface area (Å²) in [6.07, 6.45) is 0.105. The molecule has 4 heteroatoms. The van der Waals surface area contributed by atoms with E-state index in [0.717, 1.165) is 6.07 Å². The van der Waals surface area contributed by atoms with Crippen LogP contribution in [0.3, 0.4) is 0 Å². The molecule has 1 atom stereocenters. The van der Waals surface area contributed by atoms with Gasteiger partial charge in [-0.3, -0.25) is 0 Å². The van der Waals surface area contributed by atoms with E-state index in [1.54, 1.807) is 0 Å². The highest BCUT2D eigenvalue weighted by Crippen LogP contribution is 2.16. The molecule has 0 amide bonds. The van der Waals surface area contributed by atoms with E-state index < -0.39 is 11.9 Å². The lowest BCUT2D eigenvalue weighted by Gasteiger charge is -2.07. The molecule has 1 unspecified atom stereocenters. The maximum absolute atomic E-state index is 12.9. The van der Waals surface area contributed by atoms with Crippen molar-refractivity contribution in [2.45, 2.75) is 12.5 Å². The van der Waals surface area contributed by atoms with Crippen LogP contribution in [0.2, 0.25) is 0 Å². The minimum absolute atomic E-state index is 0.105. The van der Waals surface area contributed by atoms with E-state index in [0.29, 0.717) is 5.56 Å². The van der Waals surface area contributed by atoms with Gasteiger partial charge in [-0.2, -0.15) is 10.5 Å². The summed E-state index contributed by atoms with van der Waals surface area (Å²) >= 11 is 0. The number of benzene rings is 1. The molecule has 70 valence electrons. The van der Waals surface area contributed by atoms with Crippen molar-refractivity contribution in [3.63, 3.8) is 0 Å². The Morgan fingerprint density at radius 3 is 2.64 bits per heavy atom. The summed E-state index contributed by atoms with van der Waals surface area (Å²) in [6, 6.07) is 7.04. The normalized spacial score (nSPS) is 11.4. The minimum Gasteiger partial charge on any atom is -0.323 e. The van der Waals surface area contributed by atoms with Gasteiger partial charge in [-0.1, -0.05) is 0 Å². The second kappa shape index (κ2) is 4.36. The predicted molar refractivity (Wildman–Crippen MR) is 48.3 cm³/mol. The van der Waals surface area contributed by atoms with E-state index in [2.05, 4.69) is 0 Å². The third-order valence-electron chi connectivity index (χ3n) is 1.79. The maximum atomic E-state index is 12.9. The van der Waals surface area contributed by atoms with Gasteiger partial charge in [-0.15, -0.1) is 0 Å². The monoisotopic (exact) mass is 189 g/mol. The Kier molecular flexibility index (Phi) is 3.17. The van der Waals surface area contributed by atoms with Gasteiger partial charge in [0.25, 0.3) is 0 Å². The summed E-state index contributed by atoms with van der Waals surface area (Å²) in [5, 5.41) is 17.0. The van der Waals surface area contributed by atoms with E-state index in [1.807, 2.05) is 12.1 Å². The minimum atomic E-state index is -0.539. The molecule has 14 heavy (non-hydrogen) atoms. The third kappa shape index (κ3) is 2.29. The van der Waals surface area contributed by atoms with Gasteiger partial charge >= 0.3 is 0 Å². The Hall–Kier alpha value is -1.91. The second-order valence-electron chi connectivity index (χ2n) is 2.85. The van der Waals surface area contributed by atoms with Gasteiger partial charge in [0.2, 0.25) is 0 Å². The number of nitriles is 2. The average molecular weight is 189 g/mol. The van der Waals surface area contributed by atoms with Crippen molar-refractivity contribution in [2.24, 2.45) is 5.73 Å². The largest absolute Gasteiger partial charge is 0.323 e. The fourth-order valence-electron chi connectivity index (χ4n) is 1.11. The molecule has 0 radical (unpaired) electrons. The number of rotatable bonds is 2. The number of nitrogens with two attached hydrogens (primary N) is 1. The van der Waals surface area contributed by atoms with Crippen LogP contribution < -0.4 is 5.73 Å². The Balaban J connectivity index is 3.05. The van der Waals surface area contributed by atoms with Crippen molar-refractivity contribution in [3.8, 4) is 12.1 Å². The molecule has 0 aliphatic carbocycles. The van der Waals surface area contributed by atoms with E-state index in [4.69, 9.17) is 16.3 Å². The first kappa shape index (κ1) is 10.2. The average Bonchev–Trinajstić information content (AvgIpc) is 2.17. The SMILES string of the molecule is N#CCC(N)c1cc(F)cc(C#N)c1. The molecule has 1 aromatic carbocycles. The fraction of sp³-hybridized carbons (Fsp3) is 0.200. The summed E-state index contributed by atoms with van der Waals surface area (Å²) in [6.45, 7) is 0. The third-order valence-corrected chi connectivity index (χ3v) is 1.79. The van der Waals surface area contributed by atoms with Crippen LogP contribution in [0.15, 0.2) is 18.2 Å². The molecular weight excluding hydrogens is 181 g/mol. The highest BCUT2D eigenvalue weighted by molar-refractivity contribution is 5.35. The maximum Gasteiger partial charge on any atom is 0.124 e. The van der Waals surface area contributed by atoms with Crippen molar-refractivity contribution < 1.29 is 4.39 Å². The number of hydrogen-bond acceptors (Lipinski definition) is 3. The lowest BCUT2D eigenvalue weighted by molar-refractivity contribution is 0.619. The summed E-state index contributed by atoms with van der Waals surface area (Å²) in [5.74, 6) is -0.507. The summed E-state index contributed by atoms with van der Waals surface area (Å²) in [5.41, 5.74) is 6.29. The fourth-order valence-corrected chi connectivity index (χ4v) is 1.11. The lowest BCUT2D eigenvalue weighted by Crippen LogP contribution is -2.09. The van der Waals surface area contributed by atoms with Crippen molar-refractivity contribution >= 4 is 0 Å². The van der Waals surface area contributed by atoms with Gasteiger partial charge in [0.05, 0.1) is 24.1 Å². The highest BCUT2D eigenvalue weighted by atomic mass is 19.1. The van der Waals surface area contributed by atoms with Crippen LogP contribution in [0.4, 0.5) is 4.39 Å². The summed E-state index contributed by atoms with van der Waals surface area (Å²) in [4.78, 5) is 0. The molecular formula is C10H8FN3. The molecule has 1 rings (SSSR count). The first-order valence-corrected chi connectivity index (χ1v) is 4.00. The van der Waals surface area contributed by atoms with Gasteiger partial charge in [0, 0.05) is 6.04 Å². The molecule has 3 nitrogen and oxygen atoms in total. The molecule has 0 aliphatic heterocycles. The number of halogens is 1. The van der Waals surface area contributed by atoms with Crippen molar-refractivity contribution in [2.75, 3.05) is 0 Å². The Morgan fingerprint density at radius 2 is 2.07 bits per heavy atom. The Labute approximate surface area is 81.2 Å². The second-order valence-corrected chi connectivity index (χ2v) is 2.85. The molecule has 0 aromatic heterocycles. The molecule has 0 saturated carbocycles. The lowest BCUT2D eigenvalue weighted by atomic mass is 10.0. The molecule has 0 spiro atoms. The smallest absolute Gasteiger partial charge is 0.124 e. The molecule has 0 bridgehead atoms. The quantitative estimate of drug-likeness (QED) is 0.768. The van der Waals surface area contributed by atoms with Gasteiger partial charge in [-0.05, 0) is 23.8 Å². The Morgan fingerprint density at radius 1 is 1.36 bits per heavy atom. The van der Waals surface area contributed by atoms with E-state index in [-0.39, 0.29) is 12.0 Å². The summed E-state index contributed by atoms with van der Waals surface area (Å²) < 4.78 is 12.9. The van der Waals surface area contributed by atoms with Crippen LogP contribution in [0.5, 0.6) is 0 Å². The van der Waals surface area contributed by atoms with Crippen molar-refractivity contribution in [3.05, 3.63) is 35.1 Å². The van der Waals surface area contributed by atoms with E-state index in [1.165, 1.54) is 12.1 Å². The number of hydrogen-bond donors (Lipinski definition) is 1. The molecule has 0 aliphatic rings. The van der Waals surface area contributed by atoms with Crippen molar-refractivity contribution in [1.82, 2.24) is 0 Å². The van der Waals surface area contributed by atoms with Crippen LogP contribution in [-0.4, -0.2) is 0 Å².